The third kappa shape index (κ3) is 4.11. The highest BCUT2D eigenvalue weighted by Crippen LogP contribution is 2.31. The van der Waals surface area contributed by atoms with Crippen molar-refractivity contribution in [2.75, 3.05) is 0 Å². The summed E-state index contributed by atoms with van der Waals surface area (Å²) >= 11 is 1.77. The van der Waals surface area contributed by atoms with E-state index in [2.05, 4.69) is 19.9 Å². The van der Waals surface area contributed by atoms with E-state index in [-0.39, 0.29) is 5.78 Å². The molecular formula is C23H24O3S. The summed E-state index contributed by atoms with van der Waals surface area (Å²) in [4.78, 5) is 13.8. The van der Waals surface area contributed by atoms with Crippen LogP contribution in [0, 0.1) is 20.8 Å². The number of benzene rings is 2. The van der Waals surface area contributed by atoms with E-state index >= 15 is 0 Å². The molecule has 0 saturated carbocycles. The van der Waals surface area contributed by atoms with Crippen LogP contribution in [0.5, 0.6) is 5.75 Å². The molecule has 0 radical (unpaired) electrons. The maximum absolute atomic E-state index is 12.7. The van der Waals surface area contributed by atoms with E-state index < -0.39 is 0 Å². The van der Waals surface area contributed by atoms with Crippen molar-refractivity contribution in [1.82, 2.24) is 0 Å². The first-order chi connectivity index (χ1) is 12.8. The van der Waals surface area contributed by atoms with Gasteiger partial charge in [0.25, 0.3) is 0 Å². The zero-order chi connectivity index (χ0) is 19.7. The van der Waals surface area contributed by atoms with E-state index in [1.54, 1.807) is 17.8 Å². The number of ketones is 1. The number of hydrogen-bond donors (Lipinski definition) is 1. The van der Waals surface area contributed by atoms with Gasteiger partial charge in [0, 0.05) is 21.1 Å². The van der Waals surface area contributed by atoms with Crippen LogP contribution in [0.1, 0.15) is 46.7 Å². The summed E-state index contributed by atoms with van der Waals surface area (Å²) in [7, 11) is 0. The molecule has 1 heterocycles. The third-order valence-electron chi connectivity index (χ3n) is 4.45. The Kier molecular flexibility index (Phi) is 5.47. The van der Waals surface area contributed by atoms with E-state index in [1.807, 2.05) is 45.0 Å². The number of aryl methyl sites for hydroxylation is 3. The number of thioether (sulfide) groups is 1. The highest BCUT2D eigenvalue weighted by Gasteiger charge is 2.16. The minimum Gasteiger partial charge on any atom is -0.507 e. The van der Waals surface area contributed by atoms with E-state index in [1.165, 1.54) is 6.08 Å². The Hall–Kier alpha value is -2.46. The fraction of sp³-hybridized carbons (Fsp3) is 0.261. The number of hydrogen-bond acceptors (Lipinski definition) is 4. The van der Waals surface area contributed by atoms with Crippen molar-refractivity contribution >= 4 is 34.6 Å². The Balaban J connectivity index is 1.90. The van der Waals surface area contributed by atoms with Gasteiger partial charge in [-0.3, -0.25) is 4.79 Å². The molecule has 0 amide bonds. The zero-order valence-corrected chi connectivity index (χ0v) is 17.1. The van der Waals surface area contributed by atoms with Crippen LogP contribution in [0.15, 0.2) is 45.7 Å². The lowest BCUT2D eigenvalue weighted by Gasteiger charge is -2.04. The monoisotopic (exact) mass is 380 g/mol. The molecule has 0 aliphatic carbocycles. The summed E-state index contributed by atoms with van der Waals surface area (Å²) < 4.78 is 5.88. The molecule has 0 saturated heterocycles. The molecule has 3 nitrogen and oxygen atoms in total. The molecule has 140 valence electrons. The van der Waals surface area contributed by atoms with Crippen LogP contribution in [-0.4, -0.2) is 16.1 Å². The van der Waals surface area contributed by atoms with Gasteiger partial charge in [-0.1, -0.05) is 19.9 Å². The number of aromatic hydroxyl groups is 1. The molecule has 1 N–H and O–H groups in total. The second-order valence-electron chi connectivity index (χ2n) is 7.08. The summed E-state index contributed by atoms with van der Waals surface area (Å²) in [5, 5.41) is 11.3. The van der Waals surface area contributed by atoms with Gasteiger partial charge in [-0.15, -0.1) is 11.8 Å². The molecule has 0 spiro atoms. The maximum Gasteiger partial charge on any atom is 0.221 e. The van der Waals surface area contributed by atoms with Crippen LogP contribution in [0.25, 0.3) is 17.0 Å². The first-order valence-electron chi connectivity index (χ1n) is 8.98. The van der Waals surface area contributed by atoms with E-state index in [9.17, 15) is 9.90 Å². The average Bonchev–Trinajstić information content (AvgIpc) is 2.93. The highest BCUT2D eigenvalue weighted by molar-refractivity contribution is 7.99. The van der Waals surface area contributed by atoms with Gasteiger partial charge in [-0.2, -0.15) is 0 Å². The third-order valence-corrected chi connectivity index (χ3v) is 5.44. The van der Waals surface area contributed by atoms with Crippen LogP contribution < -0.4 is 0 Å². The van der Waals surface area contributed by atoms with Gasteiger partial charge in [0.1, 0.15) is 11.3 Å². The number of allylic oxidation sites excluding steroid dienone is 1. The van der Waals surface area contributed by atoms with Gasteiger partial charge in [0.15, 0.2) is 5.76 Å². The Morgan fingerprint density at radius 2 is 1.78 bits per heavy atom. The smallest absolute Gasteiger partial charge is 0.221 e. The second kappa shape index (κ2) is 7.65. The predicted octanol–water partition coefficient (Wildman–Crippen LogP) is 6.46. The summed E-state index contributed by atoms with van der Waals surface area (Å²) in [6.45, 7) is 9.90. The lowest BCUT2D eigenvalue weighted by molar-refractivity contribution is 0.102. The van der Waals surface area contributed by atoms with Crippen molar-refractivity contribution in [2.24, 2.45) is 0 Å². The van der Waals surface area contributed by atoms with E-state index in [4.69, 9.17) is 4.42 Å². The first-order valence-corrected chi connectivity index (χ1v) is 9.86. The molecule has 2 aromatic carbocycles. The van der Waals surface area contributed by atoms with Crippen LogP contribution in [0.2, 0.25) is 0 Å². The standard InChI is InChI=1S/C23H24O3S/c1-13(2)27-18-7-8-19-16(5)23(26-21(19)12-18)20(24)9-6-17-10-14(3)22(25)15(4)11-17/h6-13,25H,1-5H3/b9-6+. The first kappa shape index (κ1) is 19.3. The second-order valence-corrected chi connectivity index (χ2v) is 8.73. The van der Waals surface area contributed by atoms with Crippen LogP contribution in [0.4, 0.5) is 0 Å². The molecule has 3 rings (SSSR count). The van der Waals surface area contributed by atoms with Crippen LogP contribution >= 0.6 is 11.8 Å². The lowest BCUT2D eigenvalue weighted by Crippen LogP contribution is -1.94. The van der Waals surface area contributed by atoms with Crippen molar-refractivity contribution in [3.05, 3.63) is 64.4 Å². The van der Waals surface area contributed by atoms with Crippen molar-refractivity contribution < 1.29 is 14.3 Å². The molecule has 0 aliphatic rings. The summed E-state index contributed by atoms with van der Waals surface area (Å²) in [6, 6.07) is 9.80. The Bertz CT molecular complexity index is 1020. The van der Waals surface area contributed by atoms with Gasteiger partial charge in [-0.05, 0) is 73.9 Å². The molecule has 0 bridgehead atoms. The average molecular weight is 381 g/mol. The maximum atomic E-state index is 12.7. The Labute approximate surface area is 164 Å². The van der Waals surface area contributed by atoms with E-state index in [0.29, 0.717) is 16.8 Å². The molecule has 27 heavy (non-hydrogen) atoms. The number of furan rings is 1. The normalized spacial score (nSPS) is 11.8. The van der Waals surface area contributed by atoms with Gasteiger partial charge in [0.05, 0.1) is 0 Å². The fourth-order valence-electron chi connectivity index (χ4n) is 3.12. The van der Waals surface area contributed by atoms with Crippen LogP contribution in [0.3, 0.4) is 0 Å². The fourth-order valence-corrected chi connectivity index (χ4v) is 3.99. The molecule has 0 unspecified atom stereocenters. The largest absolute Gasteiger partial charge is 0.507 e. The Morgan fingerprint density at radius 3 is 2.41 bits per heavy atom. The Morgan fingerprint density at radius 1 is 1.11 bits per heavy atom. The molecule has 3 aromatic rings. The molecule has 4 heteroatoms. The number of phenols is 1. The number of fused-ring (bicyclic) bond motifs is 1. The number of rotatable bonds is 5. The van der Waals surface area contributed by atoms with Gasteiger partial charge < -0.3 is 9.52 Å². The number of carbonyl (C=O) groups is 1. The molecule has 0 fully saturated rings. The minimum atomic E-state index is -0.162. The molecule has 1 aromatic heterocycles. The predicted molar refractivity (Wildman–Crippen MR) is 113 cm³/mol. The molecular weight excluding hydrogens is 356 g/mol. The van der Waals surface area contributed by atoms with Crippen LogP contribution in [-0.2, 0) is 0 Å². The van der Waals surface area contributed by atoms with Gasteiger partial charge in [0.2, 0.25) is 5.78 Å². The zero-order valence-electron chi connectivity index (χ0n) is 16.3. The van der Waals surface area contributed by atoms with Gasteiger partial charge >= 0.3 is 0 Å². The van der Waals surface area contributed by atoms with E-state index in [0.717, 1.165) is 38.1 Å². The topological polar surface area (TPSA) is 50.4 Å². The SMILES string of the molecule is Cc1cc(/C=C/C(=O)c2oc3cc(SC(C)C)ccc3c2C)cc(C)c1O. The summed E-state index contributed by atoms with van der Waals surface area (Å²) in [5.74, 6) is 0.506. The molecule has 0 atom stereocenters. The highest BCUT2D eigenvalue weighted by atomic mass is 32.2. The minimum absolute atomic E-state index is 0.162. The van der Waals surface area contributed by atoms with Crippen molar-refractivity contribution in [3.8, 4) is 5.75 Å². The van der Waals surface area contributed by atoms with Crippen molar-refractivity contribution in [2.45, 2.75) is 44.8 Å². The summed E-state index contributed by atoms with van der Waals surface area (Å²) in [5.41, 5.74) is 4.06. The quantitative estimate of drug-likeness (QED) is 0.313. The van der Waals surface area contributed by atoms with Crippen molar-refractivity contribution in [3.63, 3.8) is 0 Å². The lowest BCUT2D eigenvalue weighted by atomic mass is 10.0. The molecule has 0 aliphatic heterocycles. The number of phenolic OH excluding ortho intramolecular Hbond substituents is 1. The number of carbonyl (C=O) groups excluding carboxylic acids is 1. The summed E-state index contributed by atoms with van der Waals surface area (Å²) in [6.07, 6.45) is 3.29. The van der Waals surface area contributed by atoms with Gasteiger partial charge in [-0.25, -0.2) is 0 Å². The van der Waals surface area contributed by atoms with Crippen molar-refractivity contribution in [1.29, 1.82) is 0 Å².